The fourth-order valence-electron chi connectivity index (χ4n) is 19.7. The van der Waals surface area contributed by atoms with Crippen molar-refractivity contribution < 1.29 is 13.6 Å². The lowest BCUT2D eigenvalue weighted by molar-refractivity contribution is -0.112. The SMILES string of the molecule is CC(C)Nc1c(C(C)C)cccc1C(C)C.CC(C)c1cccc(C(C)C)c1O[Si](C)(C)C.C[Si](C)(C)OC12CC3CC(CC(C3)C1)C2.Cc1cccc(C)c1NC12CC3CC(CC(C3)C1)C2.O=CN(c1ccccc1)C12CC3CC(CC(C3)C1)C2. The van der Waals surface area contributed by atoms with Crippen LogP contribution < -0.4 is 20.0 Å². The molecule has 4 aromatic carbocycles. The number of aryl methyl sites for hydroxylation is 2. The van der Waals surface area contributed by atoms with Gasteiger partial charge in [-0.25, -0.2) is 0 Å². The van der Waals surface area contributed by atoms with Crippen LogP contribution in [0.5, 0.6) is 5.75 Å². The number of hydrogen-bond donors (Lipinski definition) is 2. The largest absolute Gasteiger partial charge is 0.544 e. The summed E-state index contributed by atoms with van der Waals surface area (Å²) >= 11 is 0. The Morgan fingerprint density at radius 2 is 0.814 bits per heavy atom. The van der Waals surface area contributed by atoms with Gasteiger partial charge in [0.1, 0.15) is 5.75 Å². The zero-order valence-electron chi connectivity index (χ0n) is 57.6. The third-order valence-corrected chi connectivity index (χ3v) is 23.5. The zero-order chi connectivity index (χ0) is 62.1. The molecular weight excluding hydrogens is 1080 g/mol. The predicted molar refractivity (Wildman–Crippen MR) is 374 cm³/mol. The van der Waals surface area contributed by atoms with Gasteiger partial charge < -0.3 is 24.4 Å². The van der Waals surface area contributed by atoms with Crippen molar-refractivity contribution in [2.24, 2.45) is 53.3 Å². The highest BCUT2D eigenvalue weighted by molar-refractivity contribution is 6.70. The van der Waals surface area contributed by atoms with Gasteiger partial charge in [0.2, 0.25) is 14.7 Å². The Bertz CT molecular complexity index is 2680. The summed E-state index contributed by atoms with van der Waals surface area (Å²) < 4.78 is 12.9. The molecule has 12 saturated carbocycles. The molecule has 0 radical (unpaired) electrons. The molecule has 12 fully saturated rings. The Hall–Kier alpha value is -3.86. The Labute approximate surface area is 528 Å². The third kappa shape index (κ3) is 16.4. The number of benzene rings is 4. The van der Waals surface area contributed by atoms with Gasteiger partial charge in [-0.3, -0.25) is 4.79 Å². The lowest BCUT2D eigenvalue weighted by Crippen LogP contribution is -2.60. The molecule has 474 valence electrons. The van der Waals surface area contributed by atoms with Crippen molar-refractivity contribution in [3.8, 4) is 5.75 Å². The van der Waals surface area contributed by atoms with Crippen molar-refractivity contribution in [2.45, 2.75) is 284 Å². The molecule has 0 heterocycles. The number of amides is 1. The average molecular weight is 1210 g/mol. The molecule has 12 bridgehead atoms. The van der Waals surface area contributed by atoms with Crippen molar-refractivity contribution >= 4 is 40.1 Å². The van der Waals surface area contributed by atoms with E-state index in [2.05, 4.69) is 205 Å². The maximum absolute atomic E-state index is 11.7. The van der Waals surface area contributed by atoms with E-state index in [0.29, 0.717) is 40.9 Å². The fraction of sp³-hybridized carbons (Fsp3) is 0.679. The first-order valence-electron chi connectivity index (χ1n) is 35.1. The molecule has 0 spiro atoms. The summed E-state index contributed by atoms with van der Waals surface area (Å²) in [7, 11) is -2.90. The molecule has 2 N–H and O–H groups in total. The van der Waals surface area contributed by atoms with Gasteiger partial charge in [0, 0.05) is 34.2 Å². The molecule has 0 atom stereocenters. The Kier molecular flexibility index (Phi) is 21.1. The Balaban J connectivity index is 0.000000129. The van der Waals surface area contributed by atoms with Crippen LogP contribution in [-0.2, 0) is 9.22 Å². The molecule has 16 rings (SSSR count). The summed E-state index contributed by atoms with van der Waals surface area (Å²) in [4.78, 5) is 13.8. The predicted octanol–water partition coefficient (Wildman–Crippen LogP) is 22.0. The van der Waals surface area contributed by atoms with Crippen LogP contribution in [0.4, 0.5) is 17.1 Å². The summed E-state index contributed by atoms with van der Waals surface area (Å²) in [5.74, 6) is 12.0. The standard InChI is InChI=1S/C18H25N.C17H21NO.C15H25N.C15H26OSi.C13H24OSi/c1-12-4-3-5-13(2)17(12)19-18-9-14-6-15(10-18)8-16(7-14)11-18;19-12-18(16-4-2-1-3-5-16)17-9-13-6-14(10-17)8-15(7-13)11-17;1-10(2)13-8-7-9-14(11(3)4)15(13)16-12(5)6;1-11(2)13-9-8-10-14(12(3)4)15(13)16-17(5,6)7;1-15(2,3)14-13-7-10-4-11(8-13)6-12(5-10)9-13/h3-5,14-16,19H,6-11H2,1-2H3;1-5,12-15H,6-11H2;7-12,16H,1-6H3;8-12H,1-7H3;10-12H,4-9H2,1-3H3. The molecule has 8 heteroatoms. The summed E-state index contributed by atoms with van der Waals surface area (Å²) in [6.07, 6.45) is 26.6. The van der Waals surface area contributed by atoms with Gasteiger partial charge in [-0.15, -0.1) is 0 Å². The van der Waals surface area contributed by atoms with E-state index in [4.69, 9.17) is 8.85 Å². The monoisotopic (exact) mass is 1200 g/mol. The van der Waals surface area contributed by atoms with Crippen LogP contribution in [0.3, 0.4) is 0 Å². The minimum Gasteiger partial charge on any atom is -0.544 e. The van der Waals surface area contributed by atoms with Gasteiger partial charge in [-0.1, -0.05) is 128 Å². The molecule has 12 aliphatic rings. The number of carbonyl (C=O) groups is 1. The fourth-order valence-corrected chi connectivity index (χ4v) is 22.1. The van der Waals surface area contributed by atoms with Crippen LogP contribution in [0.15, 0.2) is 84.9 Å². The number of nitrogens with zero attached hydrogens (tertiary/aromatic N) is 1. The number of para-hydroxylation sites is 4. The van der Waals surface area contributed by atoms with Crippen LogP contribution in [0.1, 0.15) is 242 Å². The zero-order valence-corrected chi connectivity index (χ0v) is 59.6. The molecule has 86 heavy (non-hydrogen) atoms. The third-order valence-electron chi connectivity index (χ3n) is 21.6. The first-order chi connectivity index (χ1) is 40.5. The first kappa shape index (κ1) is 66.6. The van der Waals surface area contributed by atoms with Crippen LogP contribution in [0, 0.1) is 67.1 Å². The molecule has 1 amide bonds. The van der Waals surface area contributed by atoms with Crippen LogP contribution >= 0.6 is 0 Å². The van der Waals surface area contributed by atoms with E-state index in [1.807, 2.05) is 18.2 Å². The highest BCUT2D eigenvalue weighted by Crippen LogP contribution is 2.60. The van der Waals surface area contributed by atoms with Crippen LogP contribution in [0.2, 0.25) is 39.3 Å². The number of hydrogen-bond acceptors (Lipinski definition) is 5. The highest BCUT2D eigenvalue weighted by Gasteiger charge is 2.55. The topological polar surface area (TPSA) is 62.8 Å². The maximum Gasteiger partial charge on any atom is 0.242 e. The lowest BCUT2D eigenvalue weighted by Gasteiger charge is -2.59. The first-order valence-corrected chi connectivity index (χ1v) is 41.9. The summed E-state index contributed by atoms with van der Waals surface area (Å²) in [6.45, 7) is 40.6. The van der Waals surface area contributed by atoms with E-state index in [0.717, 1.165) is 71.1 Å². The smallest absolute Gasteiger partial charge is 0.242 e. The number of anilines is 3. The number of nitrogens with one attached hydrogen (secondary N) is 2. The van der Waals surface area contributed by atoms with Gasteiger partial charge >= 0.3 is 0 Å². The lowest BCUT2D eigenvalue weighted by atomic mass is 9.52. The van der Waals surface area contributed by atoms with Crippen LogP contribution in [-0.4, -0.2) is 45.8 Å². The van der Waals surface area contributed by atoms with Gasteiger partial charge in [0.15, 0.2) is 8.32 Å². The second-order valence-electron chi connectivity index (χ2n) is 33.6. The van der Waals surface area contributed by atoms with Crippen molar-refractivity contribution in [3.63, 3.8) is 0 Å². The van der Waals surface area contributed by atoms with E-state index in [-0.39, 0.29) is 5.54 Å². The minimum absolute atomic E-state index is 0.137. The molecule has 0 saturated heterocycles. The van der Waals surface area contributed by atoms with Crippen LogP contribution in [0.25, 0.3) is 0 Å². The highest BCUT2D eigenvalue weighted by atomic mass is 28.4. The second kappa shape index (κ2) is 27.3. The van der Waals surface area contributed by atoms with E-state index >= 15 is 0 Å². The normalized spacial score (nSPS) is 30.5. The Morgan fingerprint density at radius 1 is 0.453 bits per heavy atom. The summed E-state index contributed by atoms with van der Waals surface area (Å²) in [5, 5.41) is 7.63. The summed E-state index contributed by atoms with van der Waals surface area (Å²) in [6, 6.07) is 30.6. The molecule has 12 aliphatic carbocycles. The Morgan fingerprint density at radius 3 is 1.16 bits per heavy atom. The number of rotatable bonds is 15. The van der Waals surface area contributed by atoms with E-state index in [1.165, 1.54) is 160 Å². The minimum atomic E-state index is -1.55. The molecule has 4 aromatic rings. The quantitative estimate of drug-likeness (QED) is 0.0917. The number of carbonyl (C=O) groups excluding carboxylic acids is 1. The summed E-state index contributed by atoms with van der Waals surface area (Å²) in [5.41, 5.74) is 13.2. The van der Waals surface area contributed by atoms with Crippen molar-refractivity contribution in [3.05, 3.63) is 118 Å². The second-order valence-corrected chi connectivity index (χ2v) is 42.4. The van der Waals surface area contributed by atoms with Gasteiger partial charge in [-0.05, 0) is 305 Å². The van der Waals surface area contributed by atoms with Crippen molar-refractivity contribution in [2.75, 3.05) is 15.5 Å². The molecule has 0 unspecified atom stereocenters. The van der Waals surface area contributed by atoms with Gasteiger partial charge in [0.25, 0.3) is 0 Å². The molecular formula is C78H121N3O3Si2. The van der Waals surface area contributed by atoms with Crippen molar-refractivity contribution in [1.82, 2.24) is 0 Å². The van der Waals surface area contributed by atoms with Gasteiger partial charge in [-0.2, -0.15) is 0 Å². The average Bonchev–Trinajstić information content (AvgIpc) is 0.842. The maximum atomic E-state index is 11.7. The van der Waals surface area contributed by atoms with E-state index < -0.39 is 16.6 Å². The van der Waals surface area contributed by atoms with Gasteiger partial charge in [0.05, 0.1) is 5.60 Å². The molecule has 6 nitrogen and oxygen atoms in total. The molecule has 0 aliphatic heterocycles. The van der Waals surface area contributed by atoms with E-state index in [9.17, 15) is 4.79 Å². The van der Waals surface area contributed by atoms with Crippen molar-refractivity contribution in [1.29, 1.82) is 0 Å². The molecule has 0 aromatic heterocycles. The van der Waals surface area contributed by atoms with E-state index in [1.54, 1.807) is 0 Å².